The summed E-state index contributed by atoms with van der Waals surface area (Å²) in [7, 11) is 0. The van der Waals surface area contributed by atoms with Crippen LogP contribution in [0.4, 0.5) is 4.39 Å². The second kappa shape index (κ2) is 8.45. The molecule has 0 heterocycles. The smallest absolute Gasteiger partial charge is 0.222 e. The molecule has 0 aromatic heterocycles. The Kier molecular flexibility index (Phi) is 6.32. The van der Waals surface area contributed by atoms with Crippen molar-refractivity contribution < 1.29 is 14.0 Å². The number of halogens is 2. The highest BCUT2D eigenvalue weighted by molar-refractivity contribution is 6.30. The Morgan fingerprint density at radius 2 is 1.79 bits per heavy atom. The Morgan fingerprint density at radius 1 is 1.12 bits per heavy atom. The highest BCUT2D eigenvalue weighted by atomic mass is 35.5. The van der Waals surface area contributed by atoms with Gasteiger partial charge in [0.1, 0.15) is 5.82 Å². The van der Waals surface area contributed by atoms with Crippen LogP contribution in [0.5, 0.6) is 0 Å². The largest absolute Gasteiger partial charge is 0.356 e. The van der Waals surface area contributed by atoms with Crippen LogP contribution in [0.3, 0.4) is 0 Å². The van der Waals surface area contributed by atoms with Gasteiger partial charge in [-0.25, -0.2) is 4.39 Å². The first-order chi connectivity index (χ1) is 11.5. The fraction of sp³-hybridized carbons (Fsp3) is 0.222. The van der Waals surface area contributed by atoms with Gasteiger partial charge in [0, 0.05) is 24.9 Å². The predicted octanol–water partition coefficient (Wildman–Crippen LogP) is 3.21. The number of carbonyl (C=O) groups excluding carboxylic acids is 2. The maximum absolute atomic E-state index is 13.6. The molecule has 0 aliphatic heterocycles. The lowest BCUT2D eigenvalue weighted by Crippen LogP contribution is -2.32. The molecule has 0 aliphatic carbocycles. The van der Waals surface area contributed by atoms with Crippen molar-refractivity contribution in [1.82, 2.24) is 10.6 Å². The SMILES string of the molecule is CC(=O)NCCC(=O)N[C@@H](c1cccc(F)c1)c1cccc(Cl)c1. The number of nitrogens with one attached hydrogen (secondary N) is 2. The summed E-state index contributed by atoms with van der Waals surface area (Å²) in [6, 6.07) is 12.6. The minimum absolute atomic E-state index is 0.131. The Hall–Kier alpha value is -2.40. The van der Waals surface area contributed by atoms with Crippen LogP contribution in [-0.2, 0) is 9.59 Å². The molecular formula is C18H18ClFN2O2. The van der Waals surface area contributed by atoms with Crippen LogP contribution in [0.1, 0.15) is 30.5 Å². The Labute approximate surface area is 145 Å². The van der Waals surface area contributed by atoms with Gasteiger partial charge in [0.2, 0.25) is 11.8 Å². The molecule has 2 aromatic carbocycles. The Morgan fingerprint density at radius 3 is 2.42 bits per heavy atom. The number of hydrogen-bond acceptors (Lipinski definition) is 2. The molecule has 0 radical (unpaired) electrons. The molecule has 0 unspecified atom stereocenters. The maximum Gasteiger partial charge on any atom is 0.222 e. The van der Waals surface area contributed by atoms with Crippen LogP contribution in [0.25, 0.3) is 0 Å². The molecular weight excluding hydrogens is 331 g/mol. The highest BCUT2D eigenvalue weighted by Crippen LogP contribution is 2.25. The molecule has 6 heteroatoms. The monoisotopic (exact) mass is 348 g/mol. The number of benzene rings is 2. The van der Waals surface area contributed by atoms with Crippen molar-refractivity contribution in [3.05, 3.63) is 70.5 Å². The molecule has 0 bridgehead atoms. The second-order valence-electron chi connectivity index (χ2n) is 5.34. The zero-order chi connectivity index (χ0) is 17.5. The predicted molar refractivity (Wildman–Crippen MR) is 91.1 cm³/mol. The summed E-state index contributed by atoms with van der Waals surface area (Å²) in [6.07, 6.45) is 0.131. The van der Waals surface area contributed by atoms with Crippen LogP contribution < -0.4 is 10.6 Å². The molecule has 1 atom stereocenters. The average molecular weight is 349 g/mol. The molecule has 126 valence electrons. The van der Waals surface area contributed by atoms with E-state index in [2.05, 4.69) is 10.6 Å². The normalized spacial score (nSPS) is 11.6. The molecule has 0 fully saturated rings. The molecule has 0 saturated heterocycles. The Bertz CT molecular complexity index is 691. The summed E-state index contributed by atoms with van der Waals surface area (Å²) < 4.78 is 13.6. The van der Waals surface area contributed by atoms with E-state index in [0.29, 0.717) is 10.6 Å². The molecule has 2 rings (SSSR count). The first-order valence-corrected chi connectivity index (χ1v) is 7.88. The molecule has 2 amide bonds. The van der Waals surface area contributed by atoms with Gasteiger partial charge < -0.3 is 10.6 Å². The van der Waals surface area contributed by atoms with E-state index in [0.717, 1.165) is 5.56 Å². The molecule has 24 heavy (non-hydrogen) atoms. The summed E-state index contributed by atoms with van der Waals surface area (Å²) in [6.45, 7) is 1.63. The van der Waals surface area contributed by atoms with Gasteiger partial charge in [0.05, 0.1) is 6.04 Å². The molecule has 0 spiro atoms. The summed E-state index contributed by atoms with van der Waals surface area (Å²) >= 11 is 6.03. The lowest BCUT2D eigenvalue weighted by atomic mass is 9.98. The molecule has 0 aliphatic rings. The quantitative estimate of drug-likeness (QED) is 0.842. The zero-order valence-electron chi connectivity index (χ0n) is 13.2. The van der Waals surface area contributed by atoms with Crippen LogP contribution in [-0.4, -0.2) is 18.4 Å². The van der Waals surface area contributed by atoms with Crippen molar-refractivity contribution in [3.8, 4) is 0 Å². The standard InChI is InChI=1S/C18H18ClFN2O2/c1-12(23)21-9-8-17(24)22-18(13-4-2-6-15(19)10-13)14-5-3-7-16(20)11-14/h2-7,10-11,18H,8-9H2,1H3,(H,21,23)(H,22,24)/t18-/m1/s1. The minimum Gasteiger partial charge on any atom is -0.356 e. The molecule has 4 nitrogen and oxygen atoms in total. The van der Waals surface area contributed by atoms with Gasteiger partial charge in [-0.2, -0.15) is 0 Å². The second-order valence-corrected chi connectivity index (χ2v) is 5.78. The fourth-order valence-corrected chi connectivity index (χ4v) is 2.52. The van der Waals surface area contributed by atoms with Gasteiger partial charge in [-0.1, -0.05) is 35.9 Å². The number of hydrogen-bond donors (Lipinski definition) is 2. The van der Waals surface area contributed by atoms with Gasteiger partial charge in [0.25, 0.3) is 0 Å². The van der Waals surface area contributed by atoms with Gasteiger partial charge in [-0.3, -0.25) is 9.59 Å². The topological polar surface area (TPSA) is 58.2 Å². The Balaban J connectivity index is 2.20. The summed E-state index contributed by atoms with van der Waals surface area (Å²) in [5.74, 6) is -0.829. The molecule has 2 N–H and O–H groups in total. The van der Waals surface area contributed by atoms with Gasteiger partial charge in [0.15, 0.2) is 0 Å². The van der Waals surface area contributed by atoms with Crippen molar-refractivity contribution in [2.24, 2.45) is 0 Å². The fourth-order valence-electron chi connectivity index (χ4n) is 2.32. The lowest BCUT2D eigenvalue weighted by Gasteiger charge is -2.20. The first-order valence-electron chi connectivity index (χ1n) is 7.50. The van der Waals surface area contributed by atoms with E-state index in [-0.39, 0.29) is 30.6 Å². The summed E-state index contributed by atoms with van der Waals surface area (Å²) in [5.41, 5.74) is 1.37. The van der Waals surface area contributed by atoms with Crippen molar-refractivity contribution in [1.29, 1.82) is 0 Å². The van der Waals surface area contributed by atoms with Crippen molar-refractivity contribution >= 4 is 23.4 Å². The van der Waals surface area contributed by atoms with Gasteiger partial charge in [-0.05, 0) is 35.4 Å². The van der Waals surface area contributed by atoms with E-state index in [1.807, 2.05) is 6.07 Å². The third kappa shape index (κ3) is 5.35. The highest BCUT2D eigenvalue weighted by Gasteiger charge is 2.17. The molecule has 0 saturated carbocycles. The summed E-state index contributed by atoms with van der Waals surface area (Å²) in [5, 5.41) is 5.96. The lowest BCUT2D eigenvalue weighted by molar-refractivity contribution is -0.122. The number of amides is 2. The van der Waals surface area contributed by atoms with E-state index in [4.69, 9.17) is 11.6 Å². The van der Waals surface area contributed by atoms with Crippen LogP contribution >= 0.6 is 11.6 Å². The van der Waals surface area contributed by atoms with Crippen LogP contribution in [0, 0.1) is 5.82 Å². The van der Waals surface area contributed by atoms with Crippen molar-refractivity contribution in [2.75, 3.05) is 6.54 Å². The maximum atomic E-state index is 13.6. The third-order valence-corrected chi connectivity index (χ3v) is 3.63. The van der Waals surface area contributed by atoms with E-state index in [1.165, 1.54) is 19.1 Å². The molecule has 2 aromatic rings. The van der Waals surface area contributed by atoms with Gasteiger partial charge in [-0.15, -0.1) is 0 Å². The number of rotatable bonds is 6. The van der Waals surface area contributed by atoms with E-state index in [9.17, 15) is 14.0 Å². The zero-order valence-corrected chi connectivity index (χ0v) is 13.9. The third-order valence-electron chi connectivity index (χ3n) is 3.40. The first kappa shape index (κ1) is 17.9. The van der Waals surface area contributed by atoms with Crippen LogP contribution in [0.2, 0.25) is 5.02 Å². The summed E-state index contributed by atoms with van der Waals surface area (Å²) in [4.78, 5) is 23.0. The van der Waals surface area contributed by atoms with E-state index < -0.39 is 6.04 Å². The minimum atomic E-state index is -0.524. The van der Waals surface area contributed by atoms with Crippen molar-refractivity contribution in [2.45, 2.75) is 19.4 Å². The average Bonchev–Trinajstić information content (AvgIpc) is 2.52. The van der Waals surface area contributed by atoms with Crippen molar-refractivity contribution in [3.63, 3.8) is 0 Å². The number of carbonyl (C=O) groups is 2. The van der Waals surface area contributed by atoms with E-state index in [1.54, 1.807) is 30.3 Å². The van der Waals surface area contributed by atoms with E-state index >= 15 is 0 Å². The van der Waals surface area contributed by atoms with Gasteiger partial charge >= 0.3 is 0 Å². The van der Waals surface area contributed by atoms with Crippen LogP contribution in [0.15, 0.2) is 48.5 Å².